The fourth-order valence-corrected chi connectivity index (χ4v) is 4.47. The maximum absolute atomic E-state index is 13.0. The van der Waals surface area contributed by atoms with Gasteiger partial charge in [0.05, 0.1) is 10.6 Å². The maximum atomic E-state index is 13.0. The van der Waals surface area contributed by atoms with Crippen LogP contribution in [0, 0.1) is 5.92 Å². The molecule has 4 aromatic heterocycles. The van der Waals surface area contributed by atoms with Crippen LogP contribution >= 0.6 is 11.3 Å². The number of Topliss-reactive ketones (excluding diaryl/α,β-unsaturated/α-hetero) is 1. The number of aryl methyl sites for hydroxylation is 1. The minimum Gasteiger partial charge on any atom is -0.293 e. The molecule has 0 bridgehead atoms. The monoisotopic (exact) mass is 384 g/mol. The first-order valence-corrected chi connectivity index (χ1v) is 9.32. The van der Waals surface area contributed by atoms with Gasteiger partial charge in [0.1, 0.15) is 4.83 Å². The van der Waals surface area contributed by atoms with E-state index in [-0.39, 0.29) is 18.6 Å². The molecule has 0 aliphatic heterocycles. The molecule has 8 heteroatoms. The predicted molar refractivity (Wildman–Crippen MR) is 99.1 cm³/mol. The third-order valence-electron chi connectivity index (χ3n) is 4.86. The molecule has 5 nitrogen and oxygen atoms in total. The number of hydrogen-bond donors (Lipinski definition) is 0. The number of rotatable bonds is 3. The van der Waals surface area contributed by atoms with Gasteiger partial charge in [-0.1, -0.05) is 0 Å². The van der Waals surface area contributed by atoms with Crippen LogP contribution in [0.3, 0.4) is 0 Å². The Morgan fingerprint density at radius 3 is 2.85 bits per heavy atom. The lowest BCUT2D eigenvalue weighted by atomic mass is 9.78. The van der Waals surface area contributed by atoms with E-state index >= 15 is 0 Å². The quantitative estimate of drug-likeness (QED) is 0.489. The van der Waals surface area contributed by atoms with E-state index in [1.807, 2.05) is 31.4 Å². The number of carbonyl (C=O) groups excluding carboxylic acids is 1. The summed E-state index contributed by atoms with van der Waals surface area (Å²) < 4.78 is 27.8. The van der Waals surface area contributed by atoms with Gasteiger partial charge in [-0.3, -0.25) is 9.48 Å². The van der Waals surface area contributed by atoms with Crippen molar-refractivity contribution in [2.24, 2.45) is 13.0 Å². The standard InChI is InChI=1S/C19H14F2N4OS/c1-25-9-12-4-11(8-22-17(12)24-25)14-3-2-10-5-15(27-18(10)23-14)16(26)13-6-19(20,21)7-13/h2-5,8-9,13H,6-7H2,1H3. The predicted octanol–water partition coefficient (Wildman–Crippen LogP) is 4.47. The molecule has 0 unspecified atom stereocenters. The van der Waals surface area contributed by atoms with Gasteiger partial charge in [-0.05, 0) is 24.3 Å². The van der Waals surface area contributed by atoms with Gasteiger partial charge < -0.3 is 0 Å². The van der Waals surface area contributed by atoms with Crippen LogP contribution in [0.15, 0.2) is 36.7 Å². The minimum atomic E-state index is -2.69. The van der Waals surface area contributed by atoms with Gasteiger partial charge in [0.25, 0.3) is 0 Å². The van der Waals surface area contributed by atoms with Crippen LogP contribution in [0.25, 0.3) is 32.5 Å². The first kappa shape index (κ1) is 16.4. The van der Waals surface area contributed by atoms with E-state index in [0.717, 1.165) is 22.0 Å². The molecule has 0 aromatic carbocycles. The number of hydrogen-bond acceptors (Lipinski definition) is 5. The highest BCUT2D eigenvalue weighted by Crippen LogP contribution is 2.44. The summed E-state index contributed by atoms with van der Waals surface area (Å²) in [7, 11) is 1.84. The number of ketones is 1. The van der Waals surface area contributed by atoms with Crippen LogP contribution in [0.4, 0.5) is 8.78 Å². The average Bonchev–Trinajstić information content (AvgIpc) is 3.19. The summed E-state index contributed by atoms with van der Waals surface area (Å²) in [4.78, 5) is 22.6. The zero-order valence-electron chi connectivity index (χ0n) is 14.3. The van der Waals surface area contributed by atoms with Crippen LogP contribution in [0.1, 0.15) is 22.5 Å². The highest BCUT2D eigenvalue weighted by molar-refractivity contribution is 7.20. The molecular weight excluding hydrogens is 370 g/mol. The summed E-state index contributed by atoms with van der Waals surface area (Å²) in [6.07, 6.45) is 2.91. The second kappa shape index (κ2) is 5.63. The Bertz CT molecular complexity index is 1210. The molecule has 1 saturated carbocycles. The summed E-state index contributed by atoms with van der Waals surface area (Å²) in [5, 5.41) is 6.02. The highest BCUT2D eigenvalue weighted by atomic mass is 32.1. The lowest BCUT2D eigenvalue weighted by molar-refractivity contribution is -0.0981. The molecule has 1 aliphatic carbocycles. The van der Waals surface area contributed by atoms with Gasteiger partial charge in [0, 0.05) is 54.5 Å². The van der Waals surface area contributed by atoms with Gasteiger partial charge in [-0.2, -0.15) is 5.10 Å². The number of halogens is 2. The molecule has 0 radical (unpaired) electrons. The van der Waals surface area contributed by atoms with Gasteiger partial charge in [0.2, 0.25) is 5.92 Å². The summed E-state index contributed by atoms with van der Waals surface area (Å²) in [5.74, 6) is -3.48. The Morgan fingerprint density at radius 2 is 2.07 bits per heavy atom. The first-order valence-electron chi connectivity index (χ1n) is 8.50. The molecule has 0 spiro atoms. The fourth-order valence-electron chi connectivity index (χ4n) is 3.42. The van der Waals surface area contributed by atoms with E-state index in [1.54, 1.807) is 16.9 Å². The number of alkyl halides is 2. The van der Waals surface area contributed by atoms with Crippen molar-refractivity contribution in [3.8, 4) is 11.3 Å². The van der Waals surface area contributed by atoms with Crippen molar-refractivity contribution < 1.29 is 13.6 Å². The van der Waals surface area contributed by atoms with E-state index in [4.69, 9.17) is 0 Å². The van der Waals surface area contributed by atoms with Crippen molar-refractivity contribution in [1.82, 2.24) is 19.7 Å². The number of pyridine rings is 2. The SMILES string of the molecule is Cn1cc2cc(-c3ccc4cc(C(=O)C5CC(F)(F)C5)sc4n3)cnc2n1. The van der Waals surface area contributed by atoms with Crippen molar-refractivity contribution in [2.45, 2.75) is 18.8 Å². The lowest BCUT2D eigenvalue weighted by Crippen LogP contribution is -2.39. The Morgan fingerprint density at radius 1 is 1.26 bits per heavy atom. The summed E-state index contributed by atoms with van der Waals surface area (Å²) in [6, 6.07) is 7.49. The fraction of sp³-hybridized carbons (Fsp3) is 0.263. The molecule has 136 valence electrons. The average molecular weight is 384 g/mol. The molecule has 1 aliphatic rings. The summed E-state index contributed by atoms with van der Waals surface area (Å²) in [6.45, 7) is 0. The number of thiophene rings is 1. The molecule has 27 heavy (non-hydrogen) atoms. The van der Waals surface area contributed by atoms with Crippen molar-refractivity contribution in [3.63, 3.8) is 0 Å². The van der Waals surface area contributed by atoms with Gasteiger partial charge in [-0.25, -0.2) is 18.7 Å². The van der Waals surface area contributed by atoms with Crippen LogP contribution in [-0.2, 0) is 7.05 Å². The van der Waals surface area contributed by atoms with Crippen molar-refractivity contribution >= 4 is 38.4 Å². The van der Waals surface area contributed by atoms with E-state index in [9.17, 15) is 13.6 Å². The molecule has 5 rings (SSSR count). The summed E-state index contributed by atoms with van der Waals surface area (Å²) in [5.41, 5.74) is 2.28. The maximum Gasteiger partial charge on any atom is 0.249 e. The van der Waals surface area contributed by atoms with E-state index in [1.165, 1.54) is 11.3 Å². The number of aromatic nitrogens is 4. The topological polar surface area (TPSA) is 60.7 Å². The van der Waals surface area contributed by atoms with Crippen LogP contribution in [0.2, 0.25) is 0 Å². The Balaban J connectivity index is 1.48. The van der Waals surface area contributed by atoms with Crippen LogP contribution < -0.4 is 0 Å². The van der Waals surface area contributed by atoms with Gasteiger partial charge in [-0.15, -0.1) is 11.3 Å². The molecular formula is C19H14F2N4OS. The zero-order chi connectivity index (χ0) is 18.8. The normalized spacial score (nSPS) is 16.7. The number of fused-ring (bicyclic) bond motifs is 2. The van der Waals surface area contributed by atoms with Crippen molar-refractivity contribution in [1.29, 1.82) is 0 Å². The second-order valence-electron chi connectivity index (χ2n) is 6.97. The van der Waals surface area contributed by atoms with Crippen molar-refractivity contribution in [3.05, 3.63) is 41.5 Å². The molecule has 4 aromatic rings. The molecule has 0 saturated heterocycles. The largest absolute Gasteiger partial charge is 0.293 e. The van der Waals surface area contributed by atoms with Gasteiger partial charge >= 0.3 is 0 Å². The molecule has 0 atom stereocenters. The van der Waals surface area contributed by atoms with E-state index in [0.29, 0.717) is 15.4 Å². The highest BCUT2D eigenvalue weighted by Gasteiger charge is 2.48. The Labute approximate surface area is 156 Å². The smallest absolute Gasteiger partial charge is 0.249 e. The minimum absolute atomic E-state index is 0.205. The molecule has 0 amide bonds. The molecule has 4 heterocycles. The van der Waals surface area contributed by atoms with Gasteiger partial charge in [0.15, 0.2) is 11.4 Å². The third kappa shape index (κ3) is 2.80. The number of carbonyl (C=O) groups is 1. The summed E-state index contributed by atoms with van der Waals surface area (Å²) >= 11 is 1.26. The first-order chi connectivity index (χ1) is 12.9. The molecule has 0 N–H and O–H groups in total. The Hall–Kier alpha value is -2.74. The second-order valence-corrected chi connectivity index (χ2v) is 8.00. The van der Waals surface area contributed by atoms with Crippen LogP contribution in [-0.4, -0.2) is 31.5 Å². The lowest BCUT2D eigenvalue weighted by Gasteiger charge is -2.33. The molecule has 1 fully saturated rings. The van der Waals surface area contributed by atoms with Crippen molar-refractivity contribution in [2.75, 3.05) is 0 Å². The van der Waals surface area contributed by atoms with E-state index in [2.05, 4.69) is 15.1 Å². The zero-order valence-corrected chi connectivity index (χ0v) is 15.1. The Kier molecular flexibility index (Phi) is 3.42. The third-order valence-corrected chi connectivity index (χ3v) is 5.92. The van der Waals surface area contributed by atoms with E-state index < -0.39 is 11.8 Å². The number of nitrogens with zero attached hydrogens (tertiary/aromatic N) is 4. The van der Waals surface area contributed by atoms with Crippen LogP contribution in [0.5, 0.6) is 0 Å².